The number of carbonyl (C=O) groups excluding carboxylic acids is 2. The number of Topliss-reactive ketones (excluding diaryl/α,β-unsaturated/α-hetero) is 1. The van der Waals surface area contributed by atoms with E-state index in [0.717, 1.165) is 5.56 Å². The summed E-state index contributed by atoms with van der Waals surface area (Å²) in [6.45, 7) is 9.93. The summed E-state index contributed by atoms with van der Waals surface area (Å²) in [5.74, 6) is -0.281. The number of aromatic amines is 1. The van der Waals surface area contributed by atoms with Crippen molar-refractivity contribution in [1.82, 2.24) is 10.3 Å². The third-order valence-electron chi connectivity index (χ3n) is 3.96. The summed E-state index contributed by atoms with van der Waals surface area (Å²) in [4.78, 5) is 26.4. The molecule has 1 aromatic carbocycles. The fraction of sp³-hybridized carbons (Fsp3) is 0.368. The van der Waals surface area contributed by atoms with E-state index in [1.807, 2.05) is 19.1 Å². The van der Waals surface area contributed by atoms with Gasteiger partial charge in [-0.3, -0.25) is 9.59 Å². The fourth-order valence-electron chi connectivity index (χ4n) is 2.36. The first kappa shape index (κ1) is 17.0. The lowest BCUT2D eigenvalue weighted by atomic mass is 9.86. The van der Waals surface area contributed by atoms with Crippen molar-refractivity contribution >= 4 is 11.7 Å². The van der Waals surface area contributed by atoms with Crippen molar-refractivity contribution in [1.29, 1.82) is 0 Å². The minimum Gasteiger partial charge on any atom is -0.356 e. The van der Waals surface area contributed by atoms with Gasteiger partial charge in [0.1, 0.15) is 5.69 Å². The highest BCUT2D eigenvalue weighted by molar-refractivity contribution is 5.99. The molecule has 1 atom stereocenters. The van der Waals surface area contributed by atoms with Gasteiger partial charge in [-0.2, -0.15) is 0 Å². The maximum Gasteiger partial charge on any atom is 0.268 e. The number of ketones is 1. The first-order valence-electron chi connectivity index (χ1n) is 7.79. The Morgan fingerprint density at radius 2 is 1.74 bits per heavy atom. The first-order valence-corrected chi connectivity index (χ1v) is 7.79. The Morgan fingerprint density at radius 1 is 1.13 bits per heavy atom. The van der Waals surface area contributed by atoms with Crippen molar-refractivity contribution in [3.63, 3.8) is 0 Å². The summed E-state index contributed by atoms with van der Waals surface area (Å²) in [6.07, 6.45) is 1.56. The van der Waals surface area contributed by atoms with Crippen molar-refractivity contribution in [2.45, 2.75) is 46.1 Å². The topological polar surface area (TPSA) is 62.0 Å². The summed E-state index contributed by atoms with van der Waals surface area (Å²) >= 11 is 0. The predicted molar refractivity (Wildman–Crippen MR) is 91.8 cm³/mol. The molecule has 0 aliphatic heterocycles. The molecule has 2 aromatic rings. The average molecular weight is 312 g/mol. The number of benzene rings is 1. The summed E-state index contributed by atoms with van der Waals surface area (Å²) < 4.78 is 0. The molecule has 0 aliphatic rings. The summed E-state index contributed by atoms with van der Waals surface area (Å²) in [5.41, 5.74) is 3.32. The lowest BCUT2D eigenvalue weighted by Gasteiger charge is -2.20. The predicted octanol–water partition coefficient (Wildman–Crippen LogP) is 4.01. The molecule has 4 heteroatoms. The Kier molecular flexibility index (Phi) is 4.73. The SMILES string of the molecule is CC(=O)c1c[nH]c(C(=O)NC(C)c2ccc(C(C)(C)C)cc2)c1. The smallest absolute Gasteiger partial charge is 0.268 e. The van der Waals surface area contributed by atoms with Gasteiger partial charge >= 0.3 is 0 Å². The van der Waals surface area contributed by atoms with Crippen LogP contribution in [0.2, 0.25) is 0 Å². The van der Waals surface area contributed by atoms with Crippen LogP contribution in [0.5, 0.6) is 0 Å². The Hall–Kier alpha value is -2.36. The summed E-state index contributed by atoms with van der Waals surface area (Å²) in [7, 11) is 0. The van der Waals surface area contributed by atoms with Crippen LogP contribution in [0.15, 0.2) is 36.5 Å². The van der Waals surface area contributed by atoms with E-state index < -0.39 is 0 Å². The Labute approximate surface area is 137 Å². The summed E-state index contributed by atoms with van der Waals surface area (Å²) in [6, 6.07) is 9.75. The fourth-order valence-corrected chi connectivity index (χ4v) is 2.36. The van der Waals surface area contributed by atoms with Gasteiger partial charge in [0.05, 0.1) is 6.04 Å². The molecule has 2 N–H and O–H groups in total. The highest BCUT2D eigenvalue weighted by Crippen LogP contribution is 2.24. The molecule has 0 aliphatic carbocycles. The molecule has 0 saturated carbocycles. The molecular weight excluding hydrogens is 288 g/mol. The van der Waals surface area contributed by atoms with Crippen LogP contribution in [0.4, 0.5) is 0 Å². The molecule has 0 spiro atoms. The number of H-pyrrole nitrogens is 1. The van der Waals surface area contributed by atoms with Crippen molar-refractivity contribution in [2.24, 2.45) is 0 Å². The number of carbonyl (C=O) groups is 2. The van der Waals surface area contributed by atoms with Gasteiger partial charge in [0.15, 0.2) is 5.78 Å². The molecule has 0 radical (unpaired) electrons. The number of rotatable bonds is 4. The van der Waals surface area contributed by atoms with E-state index in [-0.39, 0.29) is 23.1 Å². The zero-order valence-corrected chi connectivity index (χ0v) is 14.4. The normalized spacial score (nSPS) is 12.7. The second kappa shape index (κ2) is 6.41. The minimum absolute atomic E-state index is 0.0638. The monoisotopic (exact) mass is 312 g/mol. The van der Waals surface area contributed by atoms with Gasteiger partial charge in [-0.25, -0.2) is 0 Å². The molecule has 1 unspecified atom stereocenters. The number of hydrogen-bond acceptors (Lipinski definition) is 2. The number of nitrogens with one attached hydrogen (secondary N) is 2. The minimum atomic E-state index is -0.218. The van der Waals surface area contributed by atoms with Crippen LogP contribution < -0.4 is 5.32 Å². The van der Waals surface area contributed by atoms with Gasteiger partial charge in [-0.05, 0) is 36.5 Å². The highest BCUT2D eigenvalue weighted by atomic mass is 16.2. The van der Waals surface area contributed by atoms with Crippen LogP contribution in [0.25, 0.3) is 0 Å². The van der Waals surface area contributed by atoms with Gasteiger partial charge < -0.3 is 10.3 Å². The molecule has 0 saturated heterocycles. The molecule has 1 heterocycles. The van der Waals surface area contributed by atoms with E-state index in [1.165, 1.54) is 12.5 Å². The molecule has 2 rings (SSSR count). The molecule has 4 nitrogen and oxygen atoms in total. The van der Waals surface area contributed by atoms with Gasteiger partial charge in [0, 0.05) is 11.8 Å². The molecular formula is C19H24N2O2. The third-order valence-corrected chi connectivity index (χ3v) is 3.96. The van der Waals surface area contributed by atoms with Crippen LogP contribution >= 0.6 is 0 Å². The highest BCUT2D eigenvalue weighted by Gasteiger charge is 2.16. The number of hydrogen-bond donors (Lipinski definition) is 2. The van der Waals surface area contributed by atoms with Crippen LogP contribution in [-0.4, -0.2) is 16.7 Å². The van der Waals surface area contributed by atoms with Crippen LogP contribution in [0.3, 0.4) is 0 Å². The first-order chi connectivity index (χ1) is 10.7. The van der Waals surface area contributed by atoms with Crippen molar-refractivity contribution in [3.8, 4) is 0 Å². The standard InChI is InChI=1S/C19H24N2O2/c1-12(14-6-8-16(9-7-14)19(3,4)5)21-18(23)17-10-15(11-20-17)13(2)22/h6-12,20H,1-5H3,(H,21,23). The zero-order chi connectivity index (χ0) is 17.2. The second-order valence-corrected chi connectivity index (χ2v) is 6.93. The molecule has 1 amide bonds. The van der Waals surface area contributed by atoms with Gasteiger partial charge in [-0.1, -0.05) is 45.0 Å². The quantitative estimate of drug-likeness (QED) is 0.838. The van der Waals surface area contributed by atoms with Crippen molar-refractivity contribution in [3.05, 3.63) is 58.9 Å². The largest absolute Gasteiger partial charge is 0.356 e. The lowest BCUT2D eigenvalue weighted by Crippen LogP contribution is -2.27. The maximum absolute atomic E-state index is 12.2. The molecule has 122 valence electrons. The molecule has 1 aromatic heterocycles. The van der Waals surface area contributed by atoms with Crippen LogP contribution in [0.1, 0.15) is 72.6 Å². The van der Waals surface area contributed by atoms with Crippen LogP contribution in [0, 0.1) is 0 Å². The third kappa shape index (κ3) is 4.09. The van der Waals surface area contributed by atoms with E-state index in [4.69, 9.17) is 0 Å². The van der Waals surface area contributed by atoms with Crippen molar-refractivity contribution in [2.75, 3.05) is 0 Å². The van der Waals surface area contributed by atoms with Gasteiger partial charge in [0.2, 0.25) is 0 Å². The zero-order valence-electron chi connectivity index (χ0n) is 14.4. The Bertz CT molecular complexity index is 706. The van der Waals surface area contributed by atoms with E-state index >= 15 is 0 Å². The van der Waals surface area contributed by atoms with E-state index in [0.29, 0.717) is 11.3 Å². The van der Waals surface area contributed by atoms with E-state index in [1.54, 1.807) is 12.3 Å². The number of aromatic nitrogens is 1. The Balaban J connectivity index is 2.07. The van der Waals surface area contributed by atoms with E-state index in [9.17, 15) is 9.59 Å². The van der Waals surface area contributed by atoms with Gasteiger partial charge in [0.25, 0.3) is 5.91 Å². The molecule has 0 fully saturated rings. The lowest BCUT2D eigenvalue weighted by molar-refractivity contribution is 0.0935. The molecule has 0 bridgehead atoms. The van der Waals surface area contributed by atoms with Crippen LogP contribution in [-0.2, 0) is 5.41 Å². The maximum atomic E-state index is 12.2. The average Bonchev–Trinajstić information content (AvgIpc) is 2.96. The van der Waals surface area contributed by atoms with E-state index in [2.05, 4.69) is 43.2 Å². The Morgan fingerprint density at radius 3 is 2.22 bits per heavy atom. The van der Waals surface area contributed by atoms with Crippen molar-refractivity contribution < 1.29 is 9.59 Å². The molecule has 23 heavy (non-hydrogen) atoms. The summed E-state index contributed by atoms with van der Waals surface area (Å²) in [5, 5.41) is 2.94. The number of amides is 1. The second-order valence-electron chi connectivity index (χ2n) is 6.93. The van der Waals surface area contributed by atoms with Gasteiger partial charge in [-0.15, -0.1) is 0 Å².